The average molecular weight is 291 g/mol. The number of nitrogens with two attached hydrogens (primary N) is 1. The van der Waals surface area contributed by atoms with Crippen LogP contribution in [0, 0.1) is 12.8 Å². The number of anilines is 1. The minimum Gasteiger partial charge on any atom is -0.379 e. The van der Waals surface area contributed by atoms with Gasteiger partial charge in [0.25, 0.3) is 5.91 Å². The summed E-state index contributed by atoms with van der Waals surface area (Å²) in [6.07, 6.45) is 0. The number of amides is 2. The molecule has 0 bridgehead atoms. The molecule has 1 aromatic rings. The Morgan fingerprint density at radius 2 is 2.14 bits per heavy atom. The molecule has 4 N–H and O–H groups in total. The lowest BCUT2D eigenvalue weighted by Crippen LogP contribution is -2.37. The van der Waals surface area contributed by atoms with Crippen LogP contribution in [0.25, 0.3) is 0 Å². The number of hydrogen-bond acceptors (Lipinski definition) is 4. The highest BCUT2D eigenvalue weighted by Gasteiger charge is 2.31. The minimum atomic E-state index is -0.326. The zero-order valence-corrected chi connectivity index (χ0v) is 12.3. The normalized spacial score (nSPS) is 21.1. The highest BCUT2D eigenvalue weighted by molar-refractivity contribution is 5.97. The summed E-state index contributed by atoms with van der Waals surface area (Å²) >= 11 is 0. The molecule has 1 saturated heterocycles. The molecule has 1 aliphatic heterocycles. The summed E-state index contributed by atoms with van der Waals surface area (Å²) in [6, 6.07) is 4.92. The Kier molecular flexibility index (Phi) is 4.93. The first kappa shape index (κ1) is 15.5. The van der Waals surface area contributed by atoms with Crippen molar-refractivity contribution in [1.29, 1.82) is 0 Å². The van der Waals surface area contributed by atoms with E-state index in [0.717, 1.165) is 5.56 Å². The van der Waals surface area contributed by atoms with Gasteiger partial charge in [-0.25, -0.2) is 0 Å². The Hall–Kier alpha value is -1.92. The van der Waals surface area contributed by atoms with Crippen molar-refractivity contribution in [3.8, 4) is 0 Å². The van der Waals surface area contributed by atoms with Crippen LogP contribution in [0.15, 0.2) is 18.2 Å². The van der Waals surface area contributed by atoms with Crippen LogP contribution in [0.3, 0.4) is 0 Å². The standard InChI is InChI=1S/C15H21N3O3/c1-3-17-14(19)10-4-5-13(9(2)6-10)18-15(20)11-7-21-8-12(11)16/h4-6,11-12H,3,7-8,16H2,1-2H3,(H,17,19)(H,18,20). The van der Waals surface area contributed by atoms with E-state index in [-0.39, 0.29) is 23.8 Å². The molecule has 1 aromatic carbocycles. The predicted molar refractivity (Wildman–Crippen MR) is 80.1 cm³/mol. The summed E-state index contributed by atoms with van der Waals surface area (Å²) in [5, 5.41) is 5.59. The first-order chi connectivity index (χ1) is 10.0. The van der Waals surface area contributed by atoms with Crippen LogP contribution in [0.1, 0.15) is 22.8 Å². The predicted octanol–water partition coefficient (Wildman–Crippen LogP) is 0.657. The molecule has 1 aliphatic rings. The number of ether oxygens (including phenoxy) is 1. The smallest absolute Gasteiger partial charge is 0.251 e. The van der Waals surface area contributed by atoms with E-state index in [1.165, 1.54) is 0 Å². The number of carbonyl (C=O) groups is 2. The fourth-order valence-electron chi connectivity index (χ4n) is 2.27. The second-order valence-corrected chi connectivity index (χ2v) is 5.19. The Balaban J connectivity index is 2.07. The number of carbonyl (C=O) groups excluding carboxylic acids is 2. The highest BCUT2D eigenvalue weighted by atomic mass is 16.5. The SMILES string of the molecule is CCNC(=O)c1ccc(NC(=O)C2COCC2N)c(C)c1. The summed E-state index contributed by atoms with van der Waals surface area (Å²) in [5.41, 5.74) is 7.93. The van der Waals surface area contributed by atoms with Gasteiger partial charge >= 0.3 is 0 Å². The topological polar surface area (TPSA) is 93.5 Å². The van der Waals surface area contributed by atoms with Crippen molar-refractivity contribution in [3.05, 3.63) is 29.3 Å². The largest absolute Gasteiger partial charge is 0.379 e. The number of rotatable bonds is 4. The summed E-state index contributed by atoms with van der Waals surface area (Å²) in [6.45, 7) is 5.06. The van der Waals surface area contributed by atoms with Crippen molar-refractivity contribution >= 4 is 17.5 Å². The van der Waals surface area contributed by atoms with Gasteiger partial charge in [0.05, 0.1) is 19.1 Å². The first-order valence-electron chi connectivity index (χ1n) is 7.06. The van der Waals surface area contributed by atoms with E-state index in [0.29, 0.717) is 31.0 Å². The lowest BCUT2D eigenvalue weighted by Gasteiger charge is -2.15. The maximum absolute atomic E-state index is 12.1. The van der Waals surface area contributed by atoms with Crippen LogP contribution in [-0.4, -0.2) is 37.6 Å². The Morgan fingerprint density at radius 1 is 1.38 bits per heavy atom. The zero-order valence-electron chi connectivity index (χ0n) is 12.3. The third-order valence-corrected chi connectivity index (χ3v) is 3.55. The van der Waals surface area contributed by atoms with Gasteiger partial charge in [0, 0.05) is 23.8 Å². The molecule has 0 aliphatic carbocycles. The molecular formula is C15H21N3O3. The number of aryl methyl sites for hydroxylation is 1. The molecule has 0 spiro atoms. The van der Waals surface area contributed by atoms with Gasteiger partial charge in [0.1, 0.15) is 0 Å². The quantitative estimate of drug-likeness (QED) is 0.759. The number of benzene rings is 1. The van der Waals surface area contributed by atoms with Gasteiger partial charge < -0.3 is 21.1 Å². The average Bonchev–Trinajstić information content (AvgIpc) is 2.87. The zero-order chi connectivity index (χ0) is 15.4. The molecule has 0 saturated carbocycles. The van der Waals surface area contributed by atoms with Gasteiger partial charge in [-0.05, 0) is 37.6 Å². The van der Waals surface area contributed by atoms with Crippen LogP contribution in [0.4, 0.5) is 5.69 Å². The van der Waals surface area contributed by atoms with Crippen molar-refractivity contribution in [2.24, 2.45) is 11.7 Å². The fourth-order valence-corrected chi connectivity index (χ4v) is 2.27. The van der Waals surface area contributed by atoms with E-state index in [9.17, 15) is 9.59 Å². The second kappa shape index (κ2) is 6.69. The molecule has 2 unspecified atom stereocenters. The number of hydrogen-bond donors (Lipinski definition) is 3. The first-order valence-corrected chi connectivity index (χ1v) is 7.06. The summed E-state index contributed by atoms with van der Waals surface area (Å²) in [7, 11) is 0. The minimum absolute atomic E-state index is 0.121. The molecule has 2 amide bonds. The van der Waals surface area contributed by atoms with Crippen molar-refractivity contribution in [3.63, 3.8) is 0 Å². The van der Waals surface area contributed by atoms with Crippen LogP contribution >= 0.6 is 0 Å². The van der Waals surface area contributed by atoms with Crippen molar-refractivity contribution < 1.29 is 14.3 Å². The van der Waals surface area contributed by atoms with Crippen LogP contribution in [-0.2, 0) is 9.53 Å². The third-order valence-electron chi connectivity index (χ3n) is 3.55. The Labute approximate surface area is 124 Å². The molecule has 0 aromatic heterocycles. The molecule has 6 heteroatoms. The van der Waals surface area contributed by atoms with Gasteiger partial charge in [-0.1, -0.05) is 0 Å². The maximum atomic E-state index is 12.1. The van der Waals surface area contributed by atoms with E-state index >= 15 is 0 Å². The van der Waals surface area contributed by atoms with Crippen molar-refractivity contribution in [2.75, 3.05) is 25.1 Å². The lowest BCUT2D eigenvalue weighted by atomic mass is 10.0. The second-order valence-electron chi connectivity index (χ2n) is 5.19. The van der Waals surface area contributed by atoms with E-state index in [1.807, 2.05) is 13.8 Å². The van der Waals surface area contributed by atoms with E-state index in [2.05, 4.69) is 10.6 Å². The van der Waals surface area contributed by atoms with Crippen molar-refractivity contribution in [1.82, 2.24) is 5.32 Å². The van der Waals surface area contributed by atoms with Gasteiger partial charge in [0.2, 0.25) is 5.91 Å². The Morgan fingerprint density at radius 3 is 2.71 bits per heavy atom. The lowest BCUT2D eigenvalue weighted by molar-refractivity contribution is -0.120. The summed E-state index contributed by atoms with van der Waals surface area (Å²) < 4.78 is 5.20. The molecule has 2 rings (SSSR count). The monoisotopic (exact) mass is 291 g/mol. The molecule has 2 atom stereocenters. The molecule has 1 heterocycles. The molecular weight excluding hydrogens is 270 g/mol. The Bertz CT molecular complexity index is 545. The highest BCUT2D eigenvalue weighted by Crippen LogP contribution is 2.19. The summed E-state index contributed by atoms with van der Waals surface area (Å²) in [5.74, 6) is -0.592. The molecule has 21 heavy (non-hydrogen) atoms. The van der Waals surface area contributed by atoms with Gasteiger partial charge in [-0.2, -0.15) is 0 Å². The maximum Gasteiger partial charge on any atom is 0.251 e. The van der Waals surface area contributed by atoms with Crippen LogP contribution in [0.5, 0.6) is 0 Å². The van der Waals surface area contributed by atoms with E-state index in [4.69, 9.17) is 10.5 Å². The molecule has 6 nitrogen and oxygen atoms in total. The van der Waals surface area contributed by atoms with Gasteiger partial charge in [-0.15, -0.1) is 0 Å². The molecule has 1 fully saturated rings. The molecule has 114 valence electrons. The number of nitrogens with one attached hydrogen (secondary N) is 2. The summed E-state index contributed by atoms with van der Waals surface area (Å²) in [4.78, 5) is 23.9. The molecule has 0 radical (unpaired) electrons. The van der Waals surface area contributed by atoms with Crippen molar-refractivity contribution in [2.45, 2.75) is 19.9 Å². The fraction of sp³-hybridized carbons (Fsp3) is 0.467. The third kappa shape index (κ3) is 3.59. The van der Waals surface area contributed by atoms with Crippen LogP contribution < -0.4 is 16.4 Å². The van der Waals surface area contributed by atoms with Gasteiger partial charge in [0.15, 0.2) is 0 Å². The van der Waals surface area contributed by atoms with Gasteiger partial charge in [-0.3, -0.25) is 9.59 Å². The van der Waals surface area contributed by atoms with E-state index < -0.39 is 0 Å². The van der Waals surface area contributed by atoms with Crippen LogP contribution in [0.2, 0.25) is 0 Å². The van der Waals surface area contributed by atoms with E-state index in [1.54, 1.807) is 18.2 Å².